The van der Waals surface area contributed by atoms with Crippen molar-refractivity contribution in [2.24, 2.45) is 0 Å². The number of nitrogens with one attached hydrogen (secondary N) is 1. The molecule has 0 aliphatic rings. The Morgan fingerprint density at radius 3 is 2.50 bits per heavy atom. The Morgan fingerprint density at radius 1 is 1.19 bits per heavy atom. The molecule has 2 rings (SSSR count). The summed E-state index contributed by atoms with van der Waals surface area (Å²) in [5.41, 5.74) is 0.418. The number of rotatable bonds is 8. The predicted octanol–water partition coefficient (Wildman–Crippen LogP) is 3.42. The number of esters is 1. The highest BCUT2D eigenvalue weighted by molar-refractivity contribution is 7.15. The quantitative estimate of drug-likeness (QED) is 0.543. The Morgan fingerprint density at radius 2 is 1.88 bits per heavy atom. The van der Waals surface area contributed by atoms with E-state index in [0.29, 0.717) is 22.1 Å². The van der Waals surface area contributed by atoms with Gasteiger partial charge in [0.2, 0.25) is 16.8 Å². The SMILES string of the molecule is Cc1nnc(NC(=O)CCCC(=O)O[C@@H](C)C(=O)c2ccc(Cl)cc2)s1. The average Bonchev–Trinajstić information content (AvgIpc) is 2.99. The van der Waals surface area contributed by atoms with Gasteiger partial charge in [0, 0.05) is 23.4 Å². The zero-order valence-electron chi connectivity index (χ0n) is 14.3. The lowest BCUT2D eigenvalue weighted by Gasteiger charge is -2.12. The van der Waals surface area contributed by atoms with E-state index in [0.717, 1.165) is 5.01 Å². The lowest BCUT2D eigenvalue weighted by molar-refractivity contribution is -0.146. The molecule has 1 amide bonds. The van der Waals surface area contributed by atoms with Crippen molar-refractivity contribution in [1.29, 1.82) is 0 Å². The van der Waals surface area contributed by atoms with Crippen LogP contribution in [0.3, 0.4) is 0 Å². The number of carbonyl (C=O) groups excluding carboxylic acids is 3. The van der Waals surface area contributed by atoms with E-state index in [1.54, 1.807) is 31.2 Å². The first-order valence-corrected chi connectivity index (χ1v) is 9.14. The molecule has 7 nitrogen and oxygen atoms in total. The van der Waals surface area contributed by atoms with Crippen LogP contribution >= 0.6 is 22.9 Å². The van der Waals surface area contributed by atoms with Crippen LogP contribution in [0, 0.1) is 6.92 Å². The van der Waals surface area contributed by atoms with Crippen molar-refractivity contribution < 1.29 is 19.1 Å². The minimum atomic E-state index is -0.901. The zero-order chi connectivity index (χ0) is 19.1. The van der Waals surface area contributed by atoms with Crippen molar-refractivity contribution in [3.8, 4) is 0 Å². The Balaban J connectivity index is 1.71. The van der Waals surface area contributed by atoms with Crippen LogP contribution in [0.2, 0.25) is 5.02 Å². The summed E-state index contributed by atoms with van der Waals surface area (Å²) in [6.07, 6.45) is -0.403. The fraction of sp³-hybridized carbons (Fsp3) is 0.353. The highest BCUT2D eigenvalue weighted by Gasteiger charge is 2.19. The van der Waals surface area contributed by atoms with Gasteiger partial charge in [-0.1, -0.05) is 22.9 Å². The third-order valence-corrected chi connectivity index (χ3v) is 4.37. The molecule has 1 aromatic heterocycles. The van der Waals surface area contributed by atoms with Crippen molar-refractivity contribution in [1.82, 2.24) is 10.2 Å². The summed E-state index contributed by atoms with van der Waals surface area (Å²) in [5, 5.41) is 11.9. The van der Waals surface area contributed by atoms with Crippen LogP contribution in [0.5, 0.6) is 0 Å². The van der Waals surface area contributed by atoms with Gasteiger partial charge in [0.15, 0.2) is 6.10 Å². The smallest absolute Gasteiger partial charge is 0.306 e. The number of benzene rings is 1. The van der Waals surface area contributed by atoms with Crippen LogP contribution in [0.1, 0.15) is 41.6 Å². The molecule has 0 saturated heterocycles. The Labute approximate surface area is 159 Å². The fourth-order valence-electron chi connectivity index (χ4n) is 2.08. The first-order valence-electron chi connectivity index (χ1n) is 7.94. The molecule has 0 aliphatic carbocycles. The molecule has 0 fully saturated rings. The van der Waals surface area contributed by atoms with Crippen LogP contribution in [0.15, 0.2) is 24.3 Å². The first-order chi connectivity index (χ1) is 12.3. The number of nitrogens with zero attached hydrogens (tertiary/aromatic N) is 2. The van der Waals surface area contributed by atoms with E-state index < -0.39 is 12.1 Å². The number of ketones is 1. The summed E-state index contributed by atoms with van der Waals surface area (Å²) in [7, 11) is 0. The van der Waals surface area contributed by atoms with Gasteiger partial charge in [0.1, 0.15) is 5.01 Å². The number of Topliss-reactive ketones (excluding diaryl/α,β-unsaturated/α-hetero) is 1. The third-order valence-electron chi connectivity index (χ3n) is 3.36. The van der Waals surface area contributed by atoms with Crippen molar-refractivity contribution in [2.75, 3.05) is 5.32 Å². The van der Waals surface area contributed by atoms with E-state index >= 15 is 0 Å². The van der Waals surface area contributed by atoms with Crippen LogP contribution in [0.25, 0.3) is 0 Å². The number of anilines is 1. The maximum atomic E-state index is 12.2. The van der Waals surface area contributed by atoms with Gasteiger partial charge in [-0.3, -0.25) is 14.4 Å². The summed E-state index contributed by atoms with van der Waals surface area (Å²) in [6, 6.07) is 6.35. The topological polar surface area (TPSA) is 98.2 Å². The standard InChI is InChI=1S/C17H18ClN3O4S/c1-10(16(24)12-6-8-13(18)9-7-12)25-15(23)5-3-4-14(22)19-17-21-20-11(2)26-17/h6-10H,3-5H2,1-2H3,(H,19,21,22)/t10-/m0/s1. The fourth-order valence-corrected chi connectivity index (χ4v) is 2.81. The summed E-state index contributed by atoms with van der Waals surface area (Å²) in [6.45, 7) is 3.30. The van der Waals surface area contributed by atoms with Gasteiger partial charge in [-0.05, 0) is 44.5 Å². The van der Waals surface area contributed by atoms with E-state index in [9.17, 15) is 14.4 Å². The van der Waals surface area contributed by atoms with E-state index in [1.807, 2.05) is 0 Å². The molecule has 138 valence electrons. The van der Waals surface area contributed by atoms with E-state index in [1.165, 1.54) is 18.3 Å². The monoisotopic (exact) mass is 395 g/mol. The number of carbonyl (C=O) groups is 3. The average molecular weight is 396 g/mol. The molecule has 1 heterocycles. The second-order valence-electron chi connectivity index (χ2n) is 5.53. The maximum Gasteiger partial charge on any atom is 0.306 e. The summed E-state index contributed by atoms with van der Waals surface area (Å²) >= 11 is 7.05. The van der Waals surface area contributed by atoms with Gasteiger partial charge in [-0.25, -0.2) is 0 Å². The van der Waals surface area contributed by atoms with Crippen molar-refractivity contribution in [3.05, 3.63) is 39.9 Å². The second kappa shape index (κ2) is 9.40. The molecule has 2 aromatic rings. The molecule has 0 unspecified atom stereocenters. The molecule has 0 saturated carbocycles. The van der Waals surface area contributed by atoms with Crippen LogP contribution in [-0.4, -0.2) is 34.0 Å². The van der Waals surface area contributed by atoms with Crippen LogP contribution < -0.4 is 5.32 Å². The molecular formula is C17H18ClN3O4S. The Hall–Kier alpha value is -2.32. The summed E-state index contributed by atoms with van der Waals surface area (Å²) in [4.78, 5) is 35.8. The molecule has 26 heavy (non-hydrogen) atoms. The minimum absolute atomic E-state index is 0.0425. The minimum Gasteiger partial charge on any atom is -0.454 e. The molecule has 0 aliphatic heterocycles. The third kappa shape index (κ3) is 6.20. The second-order valence-corrected chi connectivity index (χ2v) is 7.15. The number of aryl methyl sites for hydroxylation is 1. The lowest BCUT2D eigenvalue weighted by atomic mass is 10.1. The summed E-state index contributed by atoms with van der Waals surface area (Å²) < 4.78 is 5.13. The largest absolute Gasteiger partial charge is 0.454 e. The van der Waals surface area contributed by atoms with E-state index in [-0.39, 0.29) is 24.5 Å². The first kappa shape index (κ1) is 20.0. The normalized spacial score (nSPS) is 11.7. The van der Waals surface area contributed by atoms with Crippen LogP contribution in [0.4, 0.5) is 5.13 Å². The highest BCUT2D eigenvalue weighted by Crippen LogP contribution is 2.15. The zero-order valence-corrected chi connectivity index (χ0v) is 15.9. The Bertz CT molecular complexity index is 792. The lowest BCUT2D eigenvalue weighted by Crippen LogP contribution is -2.24. The van der Waals surface area contributed by atoms with Gasteiger partial charge in [-0.15, -0.1) is 10.2 Å². The Kier molecular flexibility index (Phi) is 7.23. The van der Waals surface area contributed by atoms with Crippen molar-refractivity contribution in [3.63, 3.8) is 0 Å². The van der Waals surface area contributed by atoms with E-state index in [2.05, 4.69) is 15.5 Å². The number of halogens is 1. The number of hydrogen-bond acceptors (Lipinski definition) is 7. The summed E-state index contributed by atoms with van der Waals surface area (Å²) in [5.74, 6) is -1.09. The number of hydrogen-bond donors (Lipinski definition) is 1. The maximum absolute atomic E-state index is 12.2. The molecule has 1 aromatic carbocycles. The van der Waals surface area contributed by atoms with Gasteiger partial charge in [0.05, 0.1) is 0 Å². The van der Waals surface area contributed by atoms with Gasteiger partial charge in [0.25, 0.3) is 0 Å². The number of ether oxygens (including phenoxy) is 1. The molecule has 1 atom stereocenters. The molecule has 0 spiro atoms. The molecule has 0 radical (unpaired) electrons. The van der Waals surface area contributed by atoms with Crippen molar-refractivity contribution in [2.45, 2.75) is 39.2 Å². The highest BCUT2D eigenvalue weighted by atomic mass is 35.5. The number of amides is 1. The van der Waals surface area contributed by atoms with Crippen LogP contribution in [-0.2, 0) is 14.3 Å². The van der Waals surface area contributed by atoms with Crippen molar-refractivity contribution >= 4 is 45.7 Å². The molecule has 1 N–H and O–H groups in total. The van der Waals surface area contributed by atoms with E-state index in [4.69, 9.17) is 16.3 Å². The molecule has 0 bridgehead atoms. The number of aromatic nitrogens is 2. The van der Waals surface area contributed by atoms with Gasteiger partial charge >= 0.3 is 5.97 Å². The predicted molar refractivity (Wildman–Crippen MR) is 98.5 cm³/mol. The molecule has 9 heteroatoms. The van der Waals surface area contributed by atoms with Gasteiger partial charge < -0.3 is 10.1 Å². The van der Waals surface area contributed by atoms with Gasteiger partial charge in [-0.2, -0.15) is 0 Å². The molecular weight excluding hydrogens is 378 g/mol.